The number of piperidine rings is 3. The number of hydrogen-bond donors (Lipinski definition) is 0. The van der Waals surface area contributed by atoms with Crippen molar-refractivity contribution in [3.63, 3.8) is 0 Å². The first-order valence-corrected chi connectivity index (χ1v) is 10.5. The third kappa shape index (κ3) is 3.54. The normalized spacial score (nSPS) is 33.2. The van der Waals surface area contributed by atoms with Gasteiger partial charge in [-0.25, -0.2) is 0 Å². The monoisotopic (exact) mass is 356 g/mol. The fourth-order valence-corrected chi connectivity index (χ4v) is 5.60. The van der Waals surface area contributed by atoms with Gasteiger partial charge in [0.2, 0.25) is 0 Å². The van der Waals surface area contributed by atoms with E-state index in [-0.39, 0.29) is 5.97 Å². The first-order chi connectivity index (χ1) is 12.8. The van der Waals surface area contributed by atoms with Crippen LogP contribution < -0.4 is 0 Å². The van der Waals surface area contributed by atoms with Gasteiger partial charge in [0.25, 0.3) is 0 Å². The number of rotatable bonds is 7. The SMILES string of the molecule is CCOC(=O)CCCCN1C[C@H](c2ccccc2)[C@H]2[C@@H]1C1CCN2CC1. The van der Waals surface area contributed by atoms with E-state index in [1.807, 2.05) is 6.92 Å². The molecule has 4 heterocycles. The van der Waals surface area contributed by atoms with Crippen molar-refractivity contribution >= 4 is 5.97 Å². The molecule has 1 aromatic rings. The summed E-state index contributed by atoms with van der Waals surface area (Å²) in [5.74, 6) is 1.45. The minimum atomic E-state index is -0.0446. The van der Waals surface area contributed by atoms with E-state index in [1.54, 1.807) is 0 Å². The highest BCUT2D eigenvalue weighted by atomic mass is 16.5. The Balaban J connectivity index is 1.41. The highest BCUT2D eigenvalue weighted by Crippen LogP contribution is 2.46. The van der Waals surface area contributed by atoms with Gasteiger partial charge in [-0.2, -0.15) is 0 Å². The van der Waals surface area contributed by atoms with Crippen molar-refractivity contribution in [1.82, 2.24) is 9.80 Å². The Kier molecular flexibility index (Phi) is 5.60. The van der Waals surface area contributed by atoms with Crippen LogP contribution in [-0.2, 0) is 9.53 Å². The summed E-state index contributed by atoms with van der Waals surface area (Å²) in [6.45, 7) is 7.22. The van der Waals surface area contributed by atoms with Crippen LogP contribution in [0.1, 0.15) is 50.5 Å². The number of benzene rings is 1. The van der Waals surface area contributed by atoms with Gasteiger partial charge in [0.1, 0.15) is 0 Å². The molecule has 0 aliphatic carbocycles. The average Bonchev–Trinajstić information content (AvgIpc) is 3.09. The molecule has 0 aromatic heterocycles. The first kappa shape index (κ1) is 18.0. The molecule has 3 atom stereocenters. The molecular formula is C22H32N2O2. The highest BCUT2D eigenvalue weighted by Gasteiger charge is 2.52. The van der Waals surface area contributed by atoms with Crippen molar-refractivity contribution < 1.29 is 9.53 Å². The van der Waals surface area contributed by atoms with E-state index in [9.17, 15) is 4.79 Å². The van der Waals surface area contributed by atoms with Crippen LogP contribution in [0.3, 0.4) is 0 Å². The maximum Gasteiger partial charge on any atom is 0.305 e. The topological polar surface area (TPSA) is 32.8 Å². The zero-order valence-corrected chi connectivity index (χ0v) is 16.0. The van der Waals surface area contributed by atoms with Gasteiger partial charge in [0.05, 0.1) is 6.61 Å². The number of unbranched alkanes of at least 4 members (excludes halogenated alkanes) is 1. The summed E-state index contributed by atoms with van der Waals surface area (Å²) < 4.78 is 5.06. The van der Waals surface area contributed by atoms with E-state index in [0.29, 0.717) is 31.0 Å². The van der Waals surface area contributed by atoms with Gasteiger partial charge in [0.15, 0.2) is 0 Å². The molecule has 0 spiro atoms. The summed E-state index contributed by atoms with van der Waals surface area (Å²) in [5, 5.41) is 0. The van der Waals surface area contributed by atoms with Crippen LogP contribution in [0, 0.1) is 5.92 Å². The van der Waals surface area contributed by atoms with Crippen LogP contribution in [0.25, 0.3) is 0 Å². The third-order valence-electron chi connectivity index (χ3n) is 6.70. The minimum Gasteiger partial charge on any atom is -0.466 e. The number of fused-ring (bicyclic) bond motifs is 2. The van der Waals surface area contributed by atoms with E-state index < -0.39 is 0 Å². The third-order valence-corrected chi connectivity index (χ3v) is 6.70. The first-order valence-electron chi connectivity index (χ1n) is 10.5. The lowest BCUT2D eigenvalue weighted by Crippen LogP contribution is -2.60. The number of carbonyl (C=O) groups excluding carboxylic acids is 1. The van der Waals surface area contributed by atoms with E-state index in [2.05, 4.69) is 40.1 Å². The highest BCUT2D eigenvalue weighted by molar-refractivity contribution is 5.69. The second kappa shape index (κ2) is 8.10. The number of carbonyl (C=O) groups is 1. The van der Waals surface area contributed by atoms with Gasteiger partial charge < -0.3 is 4.74 Å². The van der Waals surface area contributed by atoms with E-state index >= 15 is 0 Å². The van der Waals surface area contributed by atoms with Crippen molar-refractivity contribution in [2.45, 2.75) is 57.0 Å². The van der Waals surface area contributed by atoms with Gasteiger partial charge in [-0.1, -0.05) is 30.3 Å². The van der Waals surface area contributed by atoms with Crippen LogP contribution in [0.15, 0.2) is 30.3 Å². The molecule has 0 radical (unpaired) electrons. The van der Waals surface area contributed by atoms with Crippen molar-refractivity contribution in [3.05, 3.63) is 35.9 Å². The molecule has 0 unspecified atom stereocenters. The summed E-state index contributed by atoms with van der Waals surface area (Å²) >= 11 is 0. The van der Waals surface area contributed by atoms with Gasteiger partial charge >= 0.3 is 5.97 Å². The van der Waals surface area contributed by atoms with Crippen molar-refractivity contribution in [2.24, 2.45) is 5.92 Å². The number of likely N-dealkylation sites (tertiary alicyclic amines) is 1. The standard InChI is InChI=1S/C22H32N2O2/c1-2-26-20(25)10-6-7-13-24-16-19(17-8-4-3-5-9-17)22-21(24)18-11-14-23(22)15-12-18/h3-5,8-9,18-19,21-22H,2,6-7,10-16H2,1H3/t19-,21+,22+/m1/s1. The van der Waals surface area contributed by atoms with Crippen LogP contribution in [0.4, 0.5) is 0 Å². The molecule has 5 rings (SSSR count). The van der Waals surface area contributed by atoms with Gasteiger partial charge in [0, 0.05) is 31.0 Å². The number of esters is 1. The molecule has 4 fully saturated rings. The Morgan fingerprint density at radius 1 is 1.12 bits per heavy atom. The van der Waals surface area contributed by atoms with Gasteiger partial charge in [-0.15, -0.1) is 0 Å². The molecule has 4 aliphatic rings. The van der Waals surface area contributed by atoms with Crippen LogP contribution in [0.5, 0.6) is 0 Å². The van der Waals surface area contributed by atoms with E-state index in [4.69, 9.17) is 4.74 Å². The molecule has 26 heavy (non-hydrogen) atoms. The Morgan fingerprint density at radius 3 is 2.62 bits per heavy atom. The molecule has 4 heteroatoms. The Hall–Kier alpha value is -1.39. The molecule has 0 saturated carbocycles. The molecule has 4 nitrogen and oxygen atoms in total. The summed E-state index contributed by atoms with van der Waals surface area (Å²) in [6, 6.07) is 12.5. The second-order valence-corrected chi connectivity index (χ2v) is 8.13. The van der Waals surface area contributed by atoms with Gasteiger partial charge in [-0.3, -0.25) is 14.6 Å². The molecule has 4 saturated heterocycles. The summed E-state index contributed by atoms with van der Waals surface area (Å²) in [4.78, 5) is 17.1. The van der Waals surface area contributed by atoms with E-state index in [0.717, 1.165) is 25.3 Å². The molecule has 1 aromatic carbocycles. The quantitative estimate of drug-likeness (QED) is 0.554. The lowest BCUT2D eigenvalue weighted by Gasteiger charge is -2.51. The van der Waals surface area contributed by atoms with Crippen LogP contribution in [0.2, 0.25) is 0 Å². The molecule has 0 N–H and O–H groups in total. The van der Waals surface area contributed by atoms with Crippen LogP contribution >= 0.6 is 0 Å². The van der Waals surface area contributed by atoms with Crippen molar-refractivity contribution in [2.75, 3.05) is 32.8 Å². The summed E-state index contributed by atoms with van der Waals surface area (Å²) in [6.07, 6.45) is 5.32. The predicted octanol–water partition coefficient (Wildman–Crippen LogP) is 3.28. The Labute approximate surface area is 157 Å². The molecule has 0 amide bonds. The largest absolute Gasteiger partial charge is 0.466 e. The summed E-state index contributed by atoms with van der Waals surface area (Å²) in [5.41, 5.74) is 1.50. The lowest BCUT2D eigenvalue weighted by atomic mass is 9.75. The smallest absolute Gasteiger partial charge is 0.305 e. The maximum absolute atomic E-state index is 11.6. The summed E-state index contributed by atoms with van der Waals surface area (Å²) in [7, 11) is 0. The Bertz CT molecular complexity index is 597. The zero-order chi connectivity index (χ0) is 17.9. The zero-order valence-electron chi connectivity index (χ0n) is 16.0. The Morgan fingerprint density at radius 2 is 1.88 bits per heavy atom. The number of nitrogens with zero attached hydrogens (tertiary/aromatic N) is 2. The molecule has 142 valence electrons. The maximum atomic E-state index is 11.6. The van der Waals surface area contributed by atoms with Gasteiger partial charge in [-0.05, 0) is 63.7 Å². The van der Waals surface area contributed by atoms with E-state index in [1.165, 1.54) is 38.0 Å². The lowest BCUT2D eigenvalue weighted by molar-refractivity contribution is -0.143. The fraction of sp³-hybridized carbons (Fsp3) is 0.682. The molecule has 4 aliphatic heterocycles. The van der Waals surface area contributed by atoms with Crippen molar-refractivity contribution in [3.8, 4) is 0 Å². The minimum absolute atomic E-state index is 0.0446. The second-order valence-electron chi connectivity index (χ2n) is 8.13. The van der Waals surface area contributed by atoms with Crippen LogP contribution in [-0.4, -0.2) is 60.6 Å². The van der Waals surface area contributed by atoms with Crippen molar-refractivity contribution in [1.29, 1.82) is 0 Å². The molecular weight excluding hydrogens is 324 g/mol. The fourth-order valence-electron chi connectivity index (χ4n) is 5.60. The number of ether oxygens (including phenoxy) is 1. The predicted molar refractivity (Wildman–Crippen MR) is 103 cm³/mol. The number of hydrogen-bond acceptors (Lipinski definition) is 4. The molecule has 2 bridgehead atoms. The average molecular weight is 357 g/mol.